The second-order valence-corrected chi connectivity index (χ2v) is 4.27. The molecular formula is C9H18N2OS. The highest BCUT2D eigenvalue weighted by Crippen LogP contribution is 2.15. The second-order valence-electron chi connectivity index (χ2n) is 3.89. The van der Waals surface area contributed by atoms with E-state index >= 15 is 0 Å². The topological polar surface area (TPSA) is 35.5 Å². The van der Waals surface area contributed by atoms with Crippen LogP contribution in [0.3, 0.4) is 0 Å². The van der Waals surface area contributed by atoms with E-state index < -0.39 is 0 Å². The zero-order chi connectivity index (χ0) is 9.84. The number of hydrogen-bond donors (Lipinski definition) is 2. The van der Waals surface area contributed by atoms with Gasteiger partial charge in [0, 0.05) is 31.7 Å². The average molecular weight is 202 g/mol. The van der Waals surface area contributed by atoms with Gasteiger partial charge in [-0.2, -0.15) is 0 Å². The van der Waals surface area contributed by atoms with Crippen molar-refractivity contribution in [1.29, 1.82) is 0 Å². The summed E-state index contributed by atoms with van der Waals surface area (Å²) in [5.74, 6) is 0.409. The molecule has 0 radical (unpaired) electrons. The van der Waals surface area contributed by atoms with E-state index in [2.05, 4.69) is 24.1 Å². The molecule has 0 aromatic carbocycles. The Balaban J connectivity index is 2.33. The van der Waals surface area contributed by atoms with Crippen LogP contribution in [0.2, 0.25) is 0 Å². The van der Waals surface area contributed by atoms with Crippen molar-refractivity contribution in [3.8, 4) is 0 Å². The summed E-state index contributed by atoms with van der Waals surface area (Å²) in [7, 11) is 0. The number of aliphatic hydroxyl groups excluding tert-OH is 1. The zero-order valence-corrected chi connectivity index (χ0v) is 9.10. The van der Waals surface area contributed by atoms with E-state index in [1.807, 2.05) is 0 Å². The smallest absolute Gasteiger partial charge is 0.169 e. The quantitative estimate of drug-likeness (QED) is 0.642. The fourth-order valence-corrected chi connectivity index (χ4v) is 1.91. The summed E-state index contributed by atoms with van der Waals surface area (Å²) in [6.07, 6.45) is 1.05. The molecule has 1 atom stereocenters. The third-order valence-electron chi connectivity index (χ3n) is 2.24. The monoisotopic (exact) mass is 202 g/mol. The van der Waals surface area contributed by atoms with Crippen LogP contribution in [0.4, 0.5) is 0 Å². The molecule has 1 fully saturated rings. The van der Waals surface area contributed by atoms with E-state index in [-0.39, 0.29) is 6.61 Å². The first-order valence-electron chi connectivity index (χ1n) is 4.79. The van der Waals surface area contributed by atoms with Crippen LogP contribution in [-0.4, -0.2) is 40.9 Å². The summed E-state index contributed by atoms with van der Waals surface area (Å²) in [6.45, 7) is 6.30. The van der Waals surface area contributed by atoms with Crippen LogP contribution in [0.5, 0.6) is 0 Å². The molecule has 76 valence electrons. The van der Waals surface area contributed by atoms with Gasteiger partial charge in [0.2, 0.25) is 0 Å². The van der Waals surface area contributed by atoms with Crippen LogP contribution < -0.4 is 5.32 Å². The SMILES string of the molecule is CC(C)NC(=S)N1CC[C@@H](CO)C1. The van der Waals surface area contributed by atoms with Gasteiger partial charge in [0.25, 0.3) is 0 Å². The number of thiocarbonyl (C=S) groups is 1. The summed E-state index contributed by atoms with van der Waals surface area (Å²) in [5, 5.41) is 13.0. The highest BCUT2D eigenvalue weighted by molar-refractivity contribution is 7.80. The maximum Gasteiger partial charge on any atom is 0.169 e. The van der Waals surface area contributed by atoms with Gasteiger partial charge in [-0.3, -0.25) is 0 Å². The van der Waals surface area contributed by atoms with Gasteiger partial charge in [0.05, 0.1) is 0 Å². The molecule has 0 aromatic rings. The largest absolute Gasteiger partial charge is 0.396 e. The molecule has 0 aliphatic carbocycles. The van der Waals surface area contributed by atoms with Crippen molar-refractivity contribution in [3.63, 3.8) is 0 Å². The van der Waals surface area contributed by atoms with Gasteiger partial charge in [-0.1, -0.05) is 0 Å². The van der Waals surface area contributed by atoms with Gasteiger partial charge < -0.3 is 15.3 Å². The number of hydrogen-bond acceptors (Lipinski definition) is 2. The van der Waals surface area contributed by atoms with Crippen LogP contribution in [-0.2, 0) is 0 Å². The highest BCUT2D eigenvalue weighted by atomic mass is 32.1. The molecule has 0 saturated carbocycles. The lowest BCUT2D eigenvalue weighted by Crippen LogP contribution is -2.41. The summed E-state index contributed by atoms with van der Waals surface area (Å²) in [5.41, 5.74) is 0. The molecule has 0 bridgehead atoms. The molecule has 1 aliphatic heterocycles. The number of likely N-dealkylation sites (tertiary alicyclic amines) is 1. The summed E-state index contributed by atoms with van der Waals surface area (Å²) < 4.78 is 0. The van der Waals surface area contributed by atoms with Crippen molar-refractivity contribution < 1.29 is 5.11 Å². The first-order valence-corrected chi connectivity index (χ1v) is 5.20. The standard InChI is InChI=1S/C9H18N2OS/c1-7(2)10-9(13)11-4-3-8(5-11)6-12/h7-8,12H,3-6H2,1-2H3,(H,10,13)/t8-/m1/s1. The fourth-order valence-electron chi connectivity index (χ4n) is 1.50. The second kappa shape index (κ2) is 4.77. The van der Waals surface area contributed by atoms with Crippen molar-refractivity contribution in [1.82, 2.24) is 10.2 Å². The summed E-state index contributed by atoms with van der Waals surface area (Å²) >= 11 is 5.22. The van der Waals surface area contributed by atoms with Gasteiger partial charge >= 0.3 is 0 Å². The minimum Gasteiger partial charge on any atom is -0.396 e. The minimum atomic E-state index is 0.279. The first-order chi connectivity index (χ1) is 6.13. The zero-order valence-electron chi connectivity index (χ0n) is 8.29. The molecule has 3 nitrogen and oxygen atoms in total. The highest BCUT2D eigenvalue weighted by Gasteiger charge is 2.23. The minimum absolute atomic E-state index is 0.279. The molecule has 4 heteroatoms. The molecular weight excluding hydrogens is 184 g/mol. The fraction of sp³-hybridized carbons (Fsp3) is 0.889. The molecule has 13 heavy (non-hydrogen) atoms. The Morgan fingerprint density at radius 2 is 2.38 bits per heavy atom. The first kappa shape index (κ1) is 10.7. The van der Waals surface area contributed by atoms with E-state index in [0.717, 1.165) is 24.6 Å². The third kappa shape index (κ3) is 3.12. The summed E-state index contributed by atoms with van der Waals surface area (Å²) in [6, 6.07) is 0.390. The number of rotatable bonds is 2. The molecule has 1 saturated heterocycles. The van der Waals surface area contributed by atoms with Crippen LogP contribution >= 0.6 is 12.2 Å². The predicted octanol–water partition coefficient (Wildman–Crippen LogP) is 0.583. The lowest BCUT2D eigenvalue weighted by Gasteiger charge is -2.22. The number of nitrogens with one attached hydrogen (secondary N) is 1. The lowest BCUT2D eigenvalue weighted by molar-refractivity contribution is 0.232. The molecule has 0 unspecified atom stereocenters. The maximum absolute atomic E-state index is 8.96. The summed E-state index contributed by atoms with van der Waals surface area (Å²) in [4.78, 5) is 2.14. The van der Waals surface area contributed by atoms with E-state index in [1.54, 1.807) is 0 Å². The molecule has 0 aromatic heterocycles. The Labute approximate surface area is 85.1 Å². The van der Waals surface area contributed by atoms with Gasteiger partial charge in [0.1, 0.15) is 0 Å². The Bertz CT molecular complexity index is 184. The number of aliphatic hydroxyl groups is 1. The van der Waals surface area contributed by atoms with Crippen LogP contribution in [0.1, 0.15) is 20.3 Å². The van der Waals surface area contributed by atoms with E-state index in [1.165, 1.54) is 0 Å². The predicted molar refractivity (Wildman–Crippen MR) is 57.6 cm³/mol. The molecule has 2 N–H and O–H groups in total. The van der Waals surface area contributed by atoms with Crippen molar-refractivity contribution in [2.24, 2.45) is 5.92 Å². The van der Waals surface area contributed by atoms with Crippen LogP contribution in [0, 0.1) is 5.92 Å². The van der Waals surface area contributed by atoms with Gasteiger partial charge in [-0.15, -0.1) is 0 Å². The van der Waals surface area contributed by atoms with Gasteiger partial charge in [-0.25, -0.2) is 0 Å². The van der Waals surface area contributed by atoms with Crippen LogP contribution in [0.25, 0.3) is 0 Å². The van der Waals surface area contributed by atoms with E-state index in [0.29, 0.717) is 12.0 Å². The van der Waals surface area contributed by atoms with E-state index in [9.17, 15) is 0 Å². The molecule has 1 rings (SSSR count). The van der Waals surface area contributed by atoms with Crippen molar-refractivity contribution >= 4 is 17.3 Å². The Kier molecular flexibility index (Phi) is 3.93. The number of nitrogens with zero attached hydrogens (tertiary/aromatic N) is 1. The maximum atomic E-state index is 8.96. The van der Waals surface area contributed by atoms with Gasteiger partial charge in [0.15, 0.2) is 5.11 Å². The normalized spacial score (nSPS) is 22.5. The van der Waals surface area contributed by atoms with Gasteiger partial charge in [-0.05, 0) is 32.5 Å². The molecule has 1 heterocycles. The van der Waals surface area contributed by atoms with Crippen molar-refractivity contribution in [2.45, 2.75) is 26.3 Å². The molecule has 0 spiro atoms. The Morgan fingerprint density at radius 1 is 1.69 bits per heavy atom. The Hall–Kier alpha value is -0.350. The van der Waals surface area contributed by atoms with Crippen molar-refractivity contribution in [3.05, 3.63) is 0 Å². The Morgan fingerprint density at radius 3 is 2.85 bits per heavy atom. The third-order valence-corrected chi connectivity index (χ3v) is 2.62. The van der Waals surface area contributed by atoms with Crippen molar-refractivity contribution in [2.75, 3.05) is 19.7 Å². The van der Waals surface area contributed by atoms with E-state index in [4.69, 9.17) is 17.3 Å². The lowest BCUT2D eigenvalue weighted by atomic mass is 10.1. The van der Waals surface area contributed by atoms with Crippen LogP contribution in [0.15, 0.2) is 0 Å². The average Bonchev–Trinajstić information content (AvgIpc) is 2.50. The molecule has 1 aliphatic rings. The molecule has 0 amide bonds.